The summed E-state index contributed by atoms with van der Waals surface area (Å²) in [4.78, 5) is 4.36. The predicted octanol–water partition coefficient (Wildman–Crippen LogP) is 3.29. The molecule has 1 saturated heterocycles. The molecule has 0 radical (unpaired) electrons. The quantitative estimate of drug-likeness (QED) is 0.505. The molecule has 3 rings (SSSR count). The van der Waals surface area contributed by atoms with Crippen LogP contribution in [0.1, 0.15) is 18.1 Å². The van der Waals surface area contributed by atoms with Gasteiger partial charge in [0, 0.05) is 0 Å². The molecular formula is C16H22ClN2Ru-2. The number of hydrogen-bond acceptors (Lipinski definition) is 2. The monoisotopic (exact) mass is 379 g/mol. The molecule has 1 heterocycles. The van der Waals surface area contributed by atoms with Gasteiger partial charge in [-0.05, 0) is 27.2 Å². The molecule has 4 heteroatoms. The minimum atomic E-state index is -0.135. The molecule has 2 nitrogen and oxygen atoms in total. The predicted molar refractivity (Wildman–Crippen MR) is 86.0 cm³/mol. The third-order valence-corrected chi connectivity index (χ3v) is 5.14. The van der Waals surface area contributed by atoms with E-state index in [9.17, 15) is 0 Å². The summed E-state index contributed by atoms with van der Waals surface area (Å²) in [5, 5.41) is 0. The normalized spacial score (nSPS) is 20.4. The van der Waals surface area contributed by atoms with E-state index < -0.39 is 0 Å². The fourth-order valence-corrected chi connectivity index (χ4v) is 3.87. The van der Waals surface area contributed by atoms with Crippen molar-refractivity contribution in [2.24, 2.45) is 0 Å². The molecule has 0 unspecified atom stereocenters. The summed E-state index contributed by atoms with van der Waals surface area (Å²) in [7, 11) is 10.1. The first-order valence-electron chi connectivity index (χ1n) is 6.26. The Hall–Kier alpha value is -0.337. The van der Waals surface area contributed by atoms with Gasteiger partial charge in [-0.15, -0.1) is 0 Å². The maximum atomic E-state index is 5.91. The number of nitrogens with zero attached hydrogens (tertiary/aromatic N) is 2. The Labute approximate surface area is 134 Å². The zero-order valence-electron chi connectivity index (χ0n) is 12.5. The van der Waals surface area contributed by atoms with Gasteiger partial charge in [0.05, 0.1) is 0 Å². The van der Waals surface area contributed by atoms with Crippen LogP contribution in [0, 0.1) is 14.1 Å². The van der Waals surface area contributed by atoms with Gasteiger partial charge in [0.15, 0.2) is 0 Å². The molecule has 0 saturated carbocycles. The number of benzene rings is 1. The SMILES string of the molecule is CC1=C[C](=[Ru][Cl])c2ccccc21.CN1[CH-]N(C)CC1.[CH3-]. The Bertz CT molecular complexity index is 503. The van der Waals surface area contributed by atoms with Gasteiger partial charge in [0.1, 0.15) is 0 Å². The zero-order valence-corrected chi connectivity index (χ0v) is 15.0. The van der Waals surface area contributed by atoms with E-state index in [2.05, 4.69) is 67.8 Å². The molecule has 113 valence electrons. The van der Waals surface area contributed by atoms with Crippen molar-refractivity contribution in [2.75, 3.05) is 27.2 Å². The molecule has 0 spiro atoms. The van der Waals surface area contributed by atoms with Gasteiger partial charge in [0.25, 0.3) is 0 Å². The molecule has 0 N–H and O–H groups in total. The van der Waals surface area contributed by atoms with Crippen molar-refractivity contribution in [3.05, 3.63) is 55.6 Å². The fourth-order valence-electron chi connectivity index (χ4n) is 2.19. The molecule has 2 aliphatic rings. The summed E-state index contributed by atoms with van der Waals surface area (Å²) in [6.07, 6.45) is 2.20. The van der Waals surface area contributed by atoms with Crippen LogP contribution in [-0.2, 0) is 15.7 Å². The van der Waals surface area contributed by atoms with Crippen molar-refractivity contribution >= 4 is 19.4 Å². The van der Waals surface area contributed by atoms with Crippen molar-refractivity contribution < 1.29 is 15.7 Å². The first-order valence-corrected chi connectivity index (χ1v) is 9.37. The minimum Gasteiger partial charge on any atom is -0.444 e. The number of likely N-dealkylation sites (N-methyl/N-ethyl adjacent to an activating group) is 2. The Morgan fingerprint density at radius 2 is 1.65 bits per heavy atom. The molecule has 0 atom stereocenters. The van der Waals surface area contributed by atoms with E-state index in [4.69, 9.17) is 9.69 Å². The Balaban J connectivity index is 0.000000216. The largest absolute Gasteiger partial charge is 0.444 e. The van der Waals surface area contributed by atoms with Crippen molar-refractivity contribution in [2.45, 2.75) is 6.92 Å². The molecule has 0 bridgehead atoms. The van der Waals surface area contributed by atoms with E-state index in [0.29, 0.717) is 0 Å². The summed E-state index contributed by atoms with van der Waals surface area (Å²) in [6.45, 7) is 6.60. The van der Waals surface area contributed by atoms with Gasteiger partial charge < -0.3 is 17.2 Å². The van der Waals surface area contributed by atoms with Crippen LogP contribution in [0.25, 0.3) is 5.57 Å². The van der Waals surface area contributed by atoms with Gasteiger partial charge in [-0.2, -0.15) is 0 Å². The second kappa shape index (κ2) is 8.19. The maximum Gasteiger partial charge on any atom is -0.0187 e. The molecule has 20 heavy (non-hydrogen) atoms. The Kier molecular flexibility index (Phi) is 7.25. The van der Waals surface area contributed by atoms with Crippen LogP contribution >= 0.6 is 9.69 Å². The number of allylic oxidation sites excluding steroid dienone is 2. The average Bonchev–Trinajstić information content (AvgIpc) is 2.94. The zero-order chi connectivity index (χ0) is 13.8. The summed E-state index contributed by atoms with van der Waals surface area (Å²) >= 11 is -0.135. The van der Waals surface area contributed by atoms with Gasteiger partial charge >= 0.3 is 83.4 Å². The first kappa shape index (κ1) is 17.7. The van der Waals surface area contributed by atoms with Gasteiger partial charge in [-0.25, -0.2) is 6.67 Å². The summed E-state index contributed by atoms with van der Waals surface area (Å²) in [5.74, 6) is 0. The second-order valence-corrected chi connectivity index (χ2v) is 6.91. The van der Waals surface area contributed by atoms with Crippen LogP contribution in [0.5, 0.6) is 0 Å². The van der Waals surface area contributed by atoms with E-state index in [1.54, 1.807) is 0 Å². The third-order valence-electron chi connectivity index (χ3n) is 3.21. The van der Waals surface area contributed by atoms with Crippen molar-refractivity contribution in [1.82, 2.24) is 9.80 Å². The average molecular weight is 379 g/mol. The van der Waals surface area contributed by atoms with E-state index >= 15 is 0 Å². The summed E-state index contributed by atoms with van der Waals surface area (Å²) in [6, 6.07) is 8.44. The number of halogens is 1. The smallest absolute Gasteiger partial charge is 0.0187 e. The van der Waals surface area contributed by atoms with Crippen LogP contribution < -0.4 is 0 Å². The van der Waals surface area contributed by atoms with E-state index in [0.717, 1.165) is 0 Å². The van der Waals surface area contributed by atoms with Crippen molar-refractivity contribution in [1.29, 1.82) is 0 Å². The van der Waals surface area contributed by atoms with E-state index in [-0.39, 0.29) is 23.1 Å². The maximum absolute atomic E-state index is 5.91. The summed E-state index contributed by atoms with van der Waals surface area (Å²) in [5.41, 5.74) is 4.03. The molecule has 1 aliphatic carbocycles. The molecule has 0 aromatic heterocycles. The number of hydrogen-bond donors (Lipinski definition) is 0. The Morgan fingerprint density at radius 1 is 1.10 bits per heavy atom. The first-order chi connectivity index (χ1) is 9.11. The van der Waals surface area contributed by atoms with Crippen molar-refractivity contribution in [3.8, 4) is 0 Å². The molecule has 1 fully saturated rings. The second-order valence-electron chi connectivity index (χ2n) is 4.85. The fraction of sp³-hybridized carbons (Fsp3) is 0.312. The summed E-state index contributed by atoms with van der Waals surface area (Å²) < 4.78 is 1.33. The molecular weight excluding hydrogens is 357 g/mol. The van der Waals surface area contributed by atoms with Crippen LogP contribution in [-0.4, -0.2) is 41.1 Å². The van der Waals surface area contributed by atoms with Crippen LogP contribution in [0.3, 0.4) is 0 Å². The van der Waals surface area contributed by atoms with Crippen molar-refractivity contribution in [3.63, 3.8) is 0 Å². The standard InChI is InChI=1S/C10H8.C5H11N2.CH3.ClH.Ru/c1-8-6-7-9-4-2-3-5-10(8)9;1-6-3-4-7(2)5-6;;;/h2-6H,1H3;5H,3-4H2,1-2H3;1H3;1H;/q;2*-1;;+1/p-1. The molecule has 1 aliphatic heterocycles. The van der Waals surface area contributed by atoms with E-state index in [1.807, 2.05) is 0 Å². The number of rotatable bonds is 0. The van der Waals surface area contributed by atoms with Crippen LogP contribution in [0.4, 0.5) is 0 Å². The minimum absolute atomic E-state index is 0. The van der Waals surface area contributed by atoms with Crippen LogP contribution in [0.2, 0.25) is 0 Å². The van der Waals surface area contributed by atoms with Gasteiger partial charge in [-0.1, -0.05) is 0 Å². The van der Waals surface area contributed by atoms with Crippen LogP contribution in [0.15, 0.2) is 30.3 Å². The molecule has 1 aromatic carbocycles. The molecule has 0 amide bonds. The van der Waals surface area contributed by atoms with Gasteiger partial charge in [-0.3, -0.25) is 0 Å². The van der Waals surface area contributed by atoms with E-state index in [1.165, 1.54) is 33.9 Å². The Morgan fingerprint density at radius 3 is 2.10 bits per heavy atom. The topological polar surface area (TPSA) is 6.48 Å². The molecule has 1 aromatic rings. The van der Waals surface area contributed by atoms with Gasteiger partial charge in [0.2, 0.25) is 0 Å². The third kappa shape index (κ3) is 4.33. The number of fused-ring (bicyclic) bond motifs is 1.